The summed E-state index contributed by atoms with van der Waals surface area (Å²) < 4.78 is 41.0. The second-order valence-electron chi connectivity index (χ2n) is 10.0. The van der Waals surface area contributed by atoms with Crippen molar-refractivity contribution in [2.45, 2.75) is 57.6 Å². The van der Waals surface area contributed by atoms with Crippen molar-refractivity contribution in [1.29, 1.82) is 0 Å². The molecule has 3 rings (SSSR count). The number of aryl methyl sites for hydroxylation is 1. The third kappa shape index (κ3) is 8.04. The maximum Gasteiger partial charge on any atom is 0.264 e. The molecule has 2 atom stereocenters. The number of halogens is 1. The number of hydrogen-bond donors (Lipinski definition) is 1. The lowest BCUT2D eigenvalue weighted by atomic mass is 10.1. The summed E-state index contributed by atoms with van der Waals surface area (Å²) >= 11 is 3.46. The Bertz CT molecular complexity index is 1500. The summed E-state index contributed by atoms with van der Waals surface area (Å²) in [5, 5.41) is 2.93. The van der Waals surface area contributed by atoms with Gasteiger partial charge in [0.05, 0.1) is 24.8 Å². The first kappa shape index (κ1) is 32.9. The number of hydrogen-bond acceptors (Lipinski definition) is 6. The second kappa shape index (κ2) is 14.6. The zero-order valence-electron chi connectivity index (χ0n) is 24.8. The Labute approximate surface area is 257 Å². The van der Waals surface area contributed by atoms with E-state index in [-0.39, 0.29) is 34.8 Å². The molecule has 0 saturated heterocycles. The van der Waals surface area contributed by atoms with E-state index >= 15 is 0 Å². The maximum absolute atomic E-state index is 14.2. The Morgan fingerprint density at radius 1 is 0.976 bits per heavy atom. The number of ether oxygens (including phenoxy) is 2. The minimum atomic E-state index is -4.26. The summed E-state index contributed by atoms with van der Waals surface area (Å²) in [6, 6.07) is 17.5. The first-order chi connectivity index (χ1) is 19.9. The van der Waals surface area contributed by atoms with Crippen LogP contribution in [0.1, 0.15) is 38.3 Å². The van der Waals surface area contributed by atoms with E-state index in [1.54, 1.807) is 31.2 Å². The number of rotatable bonds is 13. The molecule has 3 aromatic rings. The van der Waals surface area contributed by atoms with Crippen LogP contribution in [0, 0.1) is 6.92 Å². The fourth-order valence-corrected chi connectivity index (χ4v) is 6.09. The van der Waals surface area contributed by atoms with E-state index < -0.39 is 28.5 Å². The van der Waals surface area contributed by atoms with Gasteiger partial charge in [0.1, 0.15) is 24.1 Å². The van der Waals surface area contributed by atoms with Gasteiger partial charge in [-0.2, -0.15) is 0 Å². The van der Waals surface area contributed by atoms with Gasteiger partial charge in [0.2, 0.25) is 11.8 Å². The topological polar surface area (TPSA) is 105 Å². The molecule has 0 spiro atoms. The van der Waals surface area contributed by atoms with E-state index in [4.69, 9.17) is 9.47 Å². The van der Waals surface area contributed by atoms with Crippen LogP contribution < -0.4 is 19.1 Å². The maximum atomic E-state index is 14.2. The fourth-order valence-electron chi connectivity index (χ4n) is 4.22. The van der Waals surface area contributed by atoms with Crippen molar-refractivity contribution >= 4 is 43.5 Å². The van der Waals surface area contributed by atoms with Gasteiger partial charge in [-0.1, -0.05) is 52.7 Å². The Balaban J connectivity index is 2.12. The van der Waals surface area contributed by atoms with E-state index in [0.29, 0.717) is 5.75 Å². The van der Waals surface area contributed by atoms with Crippen LogP contribution in [-0.4, -0.2) is 58.0 Å². The molecular formula is C31H38BrN3O6S. The van der Waals surface area contributed by atoms with Crippen molar-refractivity contribution in [1.82, 2.24) is 10.2 Å². The Kier molecular flexibility index (Phi) is 11.4. The van der Waals surface area contributed by atoms with E-state index in [2.05, 4.69) is 21.2 Å². The van der Waals surface area contributed by atoms with Gasteiger partial charge in [0.15, 0.2) is 0 Å². The predicted octanol–water partition coefficient (Wildman–Crippen LogP) is 5.30. The van der Waals surface area contributed by atoms with Crippen LogP contribution in [0.4, 0.5) is 5.69 Å². The van der Waals surface area contributed by atoms with Crippen LogP contribution in [0.3, 0.4) is 0 Å². The van der Waals surface area contributed by atoms with Gasteiger partial charge in [-0.15, -0.1) is 0 Å². The Morgan fingerprint density at radius 2 is 1.67 bits per heavy atom. The lowest BCUT2D eigenvalue weighted by Crippen LogP contribution is -2.52. The minimum absolute atomic E-state index is 0.00637. The summed E-state index contributed by atoms with van der Waals surface area (Å²) in [6.45, 7) is 6.83. The average Bonchev–Trinajstić information content (AvgIpc) is 2.97. The molecule has 0 radical (unpaired) electrons. The van der Waals surface area contributed by atoms with Crippen LogP contribution in [0.5, 0.6) is 11.5 Å². The molecule has 0 heterocycles. The monoisotopic (exact) mass is 659 g/mol. The van der Waals surface area contributed by atoms with E-state index in [1.165, 1.54) is 37.3 Å². The first-order valence-corrected chi connectivity index (χ1v) is 15.8. The van der Waals surface area contributed by atoms with Crippen LogP contribution in [0.15, 0.2) is 76.1 Å². The van der Waals surface area contributed by atoms with Gasteiger partial charge in [0, 0.05) is 23.1 Å². The number of methoxy groups -OCH3 is 2. The average molecular weight is 661 g/mol. The molecule has 0 aliphatic rings. The summed E-state index contributed by atoms with van der Waals surface area (Å²) in [5.41, 5.74) is 1.79. The van der Waals surface area contributed by atoms with Gasteiger partial charge < -0.3 is 19.7 Å². The normalized spacial score (nSPS) is 12.6. The molecule has 0 bridgehead atoms. The molecule has 11 heteroatoms. The molecule has 42 heavy (non-hydrogen) atoms. The fraction of sp³-hybridized carbons (Fsp3) is 0.355. The standard InChI is InChI=1S/C31H38BrN3O6S/c1-7-22(3)33-31(37)23(4)34(19-24-9-8-10-25(32)17-24)30(36)20-35(28-18-26(40-5)13-16-29(28)41-6)42(38,39)27-14-11-21(2)12-15-27/h8-18,22-23H,7,19-20H2,1-6H3,(H,33,37)/t22-,23-/m0/s1. The van der Waals surface area contributed by atoms with Gasteiger partial charge in [-0.3, -0.25) is 13.9 Å². The molecule has 2 amide bonds. The molecule has 0 fully saturated rings. The van der Waals surface area contributed by atoms with Gasteiger partial charge in [-0.05, 0) is 69.2 Å². The van der Waals surface area contributed by atoms with E-state index in [1.807, 2.05) is 45.0 Å². The molecule has 226 valence electrons. The highest BCUT2D eigenvalue weighted by atomic mass is 79.9. The predicted molar refractivity (Wildman–Crippen MR) is 167 cm³/mol. The molecule has 0 aliphatic carbocycles. The Morgan fingerprint density at radius 3 is 2.26 bits per heavy atom. The number of amides is 2. The minimum Gasteiger partial charge on any atom is -0.497 e. The number of anilines is 1. The number of nitrogens with zero attached hydrogens (tertiary/aromatic N) is 2. The van der Waals surface area contributed by atoms with Crippen LogP contribution in [0.2, 0.25) is 0 Å². The van der Waals surface area contributed by atoms with Crippen molar-refractivity contribution in [3.8, 4) is 11.5 Å². The van der Waals surface area contributed by atoms with Crippen LogP contribution in [-0.2, 0) is 26.2 Å². The van der Waals surface area contributed by atoms with Crippen LogP contribution in [0.25, 0.3) is 0 Å². The van der Waals surface area contributed by atoms with Crippen molar-refractivity contribution < 1.29 is 27.5 Å². The quantitative estimate of drug-likeness (QED) is 0.267. The number of nitrogens with one attached hydrogen (secondary N) is 1. The van der Waals surface area contributed by atoms with Gasteiger partial charge in [0.25, 0.3) is 10.0 Å². The lowest BCUT2D eigenvalue weighted by molar-refractivity contribution is -0.139. The van der Waals surface area contributed by atoms with E-state index in [9.17, 15) is 18.0 Å². The van der Waals surface area contributed by atoms with Crippen molar-refractivity contribution in [2.24, 2.45) is 0 Å². The van der Waals surface area contributed by atoms with Crippen molar-refractivity contribution in [3.63, 3.8) is 0 Å². The zero-order valence-corrected chi connectivity index (χ0v) is 27.2. The third-order valence-corrected chi connectivity index (χ3v) is 9.22. The largest absolute Gasteiger partial charge is 0.497 e. The van der Waals surface area contributed by atoms with Crippen LogP contribution >= 0.6 is 15.9 Å². The van der Waals surface area contributed by atoms with Crippen molar-refractivity contribution in [2.75, 3.05) is 25.1 Å². The highest BCUT2D eigenvalue weighted by Gasteiger charge is 2.34. The highest BCUT2D eigenvalue weighted by Crippen LogP contribution is 2.36. The SMILES string of the molecule is CC[C@H](C)NC(=O)[C@H](C)N(Cc1cccc(Br)c1)C(=O)CN(c1cc(OC)ccc1OC)S(=O)(=O)c1ccc(C)cc1. The van der Waals surface area contributed by atoms with Gasteiger partial charge >= 0.3 is 0 Å². The summed E-state index contributed by atoms with van der Waals surface area (Å²) in [7, 11) is -1.38. The number of carbonyl (C=O) groups excluding carboxylic acids is 2. The lowest BCUT2D eigenvalue weighted by Gasteiger charge is -2.33. The summed E-state index contributed by atoms with van der Waals surface area (Å²) in [5.74, 6) is -0.281. The Hall–Kier alpha value is -3.57. The van der Waals surface area contributed by atoms with E-state index in [0.717, 1.165) is 26.3 Å². The summed E-state index contributed by atoms with van der Waals surface area (Å²) in [4.78, 5) is 28.8. The molecule has 1 N–H and O–H groups in total. The molecule has 0 aliphatic heterocycles. The highest BCUT2D eigenvalue weighted by molar-refractivity contribution is 9.10. The number of sulfonamides is 1. The van der Waals surface area contributed by atoms with Crippen molar-refractivity contribution in [3.05, 3.63) is 82.3 Å². The smallest absolute Gasteiger partial charge is 0.264 e. The molecule has 0 saturated carbocycles. The third-order valence-electron chi connectivity index (χ3n) is 6.95. The molecular weight excluding hydrogens is 622 g/mol. The first-order valence-electron chi connectivity index (χ1n) is 13.6. The molecule has 3 aromatic carbocycles. The zero-order chi connectivity index (χ0) is 31.0. The molecule has 0 aromatic heterocycles. The molecule has 0 unspecified atom stereocenters. The van der Waals surface area contributed by atoms with Gasteiger partial charge in [-0.25, -0.2) is 8.42 Å². The second-order valence-corrected chi connectivity index (χ2v) is 12.8. The summed E-state index contributed by atoms with van der Waals surface area (Å²) in [6.07, 6.45) is 0.718. The number of carbonyl (C=O) groups is 2. The molecule has 9 nitrogen and oxygen atoms in total. The number of benzene rings is 3.